The molecule has 2 aliphatic rings. The Bertz CT molecular complexity index is 522. The third-order valence-corrected chi connectivity index (χ3v) is 6.29. The Morgan fingerprint density at radius 1 is 1.23 bits per heavy atom. The van der Waals surface area contributed by atoms with E-state index in [1.54, 1.807) is 0 Å². The maximum absolute atomic E-state index is 12.9. The van der Waals surface area contributed by atoms with Crippen LogP contribution in [0.15, 0.2) is 29.2 Å². The van der Waals surface area contributed by atoms with Crippen molar-refractivity contribution in [2.75, 3.05) is 31.9 Å². The van der Waals surface area contributed by atoms with Gasteiger partial charge in [-0.2, -0.15) is 0 Å². The molecule has 0 aromatic heterocycles. The van der Waals surface area contributed by atoms with Crippen molar-refractivity contribution in [3.63, 3.8) is 0 Å². The molecule has 120 valence electrons. The van der Waals surface area contributed by atoms with E-state index in [1.165, 1.54) is 10.5 Å². The molecule has 0 aliphatic carbocycles. The number of piperidine rings is 1. The van der Waals surface area contributed by atoms with Crippen molar-refractivity contribution in [1.82, 2.24) is 9.80 Å². The highest BCUT2D eigenvalue weighted by Crippen LogP contribution is 2.40. The summed E-state index contributed by atoms with van der Waals surface area (Å²) in [5.74, 6) is 1.33. The number of fused-ring (bicyclic) bond motifs is 1. The van der Waals surface area contributed by atoms with Gasteiger partial charge in [0.2, 0.25) is 5.91 Å². The fraction of sp³-hybridized carbons (Fsp3) is 0.611. The third-order valence-electron chi connectivity index (χ3n) is 5.10. The Morgan fingerprint density at radius 3 is 2.59 bits per heavy atom. The lowest BCUT2D eigenvalue weighted by molar-refractivity contribution is -0.133. The molecule has 4 heteroatoms. The van der Waals surface area contributed by atoms with Gasteiger partial charge in [0.1, 0.15) is 0 Å². The zero-order chi connectivity index (χ0) is 15.5. The second kappa shape index (κ2) is 7.05. The van der Waals surface area contributed by atoms with Gasteiger partial charge in [0, 0.05) is 29.8 Å². The molecule has 0 bridgehead atoms. The largest absolute Gasteiger partial charge is 0.342 e. The molecular weight excluding hydrogens is 292 g/mol. The van der Waals surface area contributed by atoms with Gasteiger partial charge in [-0.3, -0.25) is 4.79 Å². The number of amides is 1. The minimum absolute atomic E-state index is 0.0752. The molecule has 22 heavy (non-hydrogen) atoms. The molecule has 2 aliphatic heterocycles. The number of thioether (sulfide) groups is 1. The van der Waals surface area contributed by atoms with Crippen LogP contribution in [0, 0.1) is 0 Å². The maximum atomic E-state index is 12.9. The van der Waals surface area contributed by atoms with E-state index in [2.05, 4.69) is 47.9 Å². The molecule has 1 aromatic rings. The average molecular weight is 318 g/mol. The quantitative estimate of drug-likeness (QED) is 0.852. The summed E-state index contributed by atoms with van der Waals surface area (Å²) in [6.45, 7) is 8.53. The van der Waals surface area contributed by atoms with E-state index in [0.29, 0.717) is 11.9 Å². The summed E-state index contributed by atoms with van der Waals surface area (Å²) in [5.41, 5.74) is 1.24. The molecular formula is C18H26N2OS. The van der Waals surface area contributed by atoms with E-state index >= 15 is 0 Å². The molecule has 0 unspecified atom stereocenters. The summed E-state index contributed by atoms with van der Waals surface area (Å²) in [6, 6.07) is 9.04. The van der Waals surface area contributed by atoms with Crippen molar-refractivity contribution < 1.29 is 4.79 Å². The SMILES string of the molecule is CCN(CC)C1CCN(C(=O)[C@H]2CSc3ccccc32)CC1. The normalized spacial score (nSPS) is 22.1. The molecule has 1 amide bonds. The van der Waals surface area contributed by atoms with E-state index in [-0.39, 0.29) is 5.92 Å². The van der Waals surface area contributed by atoms with Gasteiger partial charge < -0.3 is 9.80 Å². The second-order valence-electron chi connectivity index (χ2n) is 6.18. The first kappa shape index (κ1) is 15.9. The third kappa shape index (κ3) is 3.04. The first-order valence-electron chi connectivity index (χ1n) is 8.49. The van der Waals surface area contributed by atoms with Crippen LogP contribution in [0.4, 0.5) is 0 Å². The minimum Gasteiger partial charge on any atom is -0.342 e. The van der Waals surface area contributed by atoms with Crippen LogP contribution in [0.3, 0.4) is 0 Å². The summed E-state index contributed by atoms with van der Waals surface area (Å²) in [4.78, 5) is 18.8. The number of nitrogens with zero attached hydrogens (tertiary/aromatic N) is 2. The highest BCUT2D eigenvalue weighted by atomic mass is 32.2. The lowest BCUT2D eigenvalue weighted by Gasteiger charge is -2.38. The fourth-order valence-corrected chi connectivity index (χ4v) is 5.00. The number of likely N-dealkylation sites (tertiary alicyclic amines) is 1. The van der Waals surface area contributed by atoms with E-state index in [9.17, 15) is 4.79 Å². The number of benzene rings is 1. The van der Waals surface area contributed by atoms with Crippen LogP contribution in [0.5, 0.6) is 0 Å². The summed E-state index contributed by atoms with van der Waals surface area (Å²) >= 11 is 1.83. The highest BCUT2D eigenvalue weighted by Gasteiger charge is 2.34. The average Bonchev–Trinajstić information content (AvgIpc) is 3.00. The molecule has 3 rings (SSSR count). The fourth-order valence-electron chi connectivity index (χ4n) is 3.78. The van der Waals surface area contributed by atoms with Crippen LogP contribution < -0.4 is 0 Å². The lowest BCUT2D eigenvalue weighted by atomic mass is 9.97. The van der Waals surface area contributed by atoms with Crippen molar-refractivity contribution in [2.45, 2.75) is 43.5 Å². The number of hydrogen-bond donors (Lipinski definition) is 0. The van der Waals surface area contributed by atoms with E-state index in [1.807, 2.05) is 11.8 Å². The summed E-state index contributed by atoms with van der Waals surface area (Å²) < 4.78 is 0. The van der Waals surface area contributed by atoms with Gasteiger partial charge in [-0.15, -0.1) is 11.8 Å². The van der Waals surface area contributed by atoms with Gasteiger partial charge in [-0.05, 0) is 37.6 Å². The minimum atomic E-state index is 0.0752. The Morgan fingerprint density at radius 2 is 1.91 bits per heavy atom. The number of hydrogen-bond acceptors (Lipinski definition) is 3. The standard InChI is InChI=1S/C18H26N2OS/c1-3-19(4-2)14-9-11-20(12-10-14)18(21)16-13-22-17-8-6-5-7-15(16)17/h5-8,14,16H,3-4,9-13H2,1-2H3/t16-/m0/s1. The zero-order valence-electron chi connectivity index (χ0n) is 13.6. The first-order chi connectivity index (χ1) is 10.7. The van der Waals surface area contributed by atoms with Crippen LogP contribution >= 0.6 is 11.8 Å². The lowest BCUT2D eigenvalue weighted by Crippen LogP contribution is -2.47. The van der Waals surface area contributed by atoms with E-state index in [4.69, 9.17) is 0 Å². The van der Waals surface area contributed by atoms with Crippen molar-refractivity contribution in [3.8, 4) is 0 Å². The molecule has 3 nitrogen and oxygen atoms in total. The second-order valence-corrected chi connectivity index (χ2v) is 7.24. The Labute approximate surface area is 138 Å². The Kier molecular flexibility index (Phi) is 5.09. The molecule has 2 heterocycles. The number of carbonyl (C=O) groups is 1. The molecule has 0 N–H and O–H groups in total. The van der Waals surface area contributed by atoms with Gasteiger partial charge in [0.05, 0.1) is 5.92 Å². The van der Waals surface area contributed by atoms with Crippen molar-refractivity contribution in [3.05, 3.63) is 29.8 Å². The topological polar surface area (TPSA) is 23.6 Å². The molecule has 1 saturated heterocycles. The summed E-state index contributed by atoms with van der Waals surface area (Å²) in [6.07, 6.45) is 2.24. The van der Waals surface area contributed by atoms with Gasteiger partial charge in [-0.25, -0.2) is 0 Å². The molecule has 0 radical (unpaired) electrons. The summed E-state index contributed by atoms with van der Waals surface area (Å²) in [7, 11) is 0. The Balaban J connectivity index is 1.61. The van der Waals surface area contributed by atoms with Crippen LogP contribution in [0.25, 0.3) is 0 Å². The Hall–Kier alpha value is -1.00. The van der Waals surface area contributed by atoms with Crippen LogP contribution in [0.1, 0.15) is 38.2 Å². The van der Waals surface area contributed by atoms with Gasteiger partial charge in [0.25, 0.3) is 0 Å². The molecule has 1 fully saturated rings. The predicted molar refractivity (Wildman–Crippen MR) is 92.4 cm³/mol. The van der Waals surface area contributed by atoms with E-state index < -0.39 is 0 Å². The zero-order valence-corrected chi connectivity index (χ0v) is 14.4. The number of carbonyl (C=O) groups excluding carboxylic acids is 1. The van der Waals surface area contributed by atoms with Crippen LogP contribution in [0.2, 0.25) is 0 Å². The molecule has 0 spiro atoms. The molecule has 1 aromatic carbocycles. The van der Waals surface area contributed by atoms with E-state index in [0.717, 1.165) is 44.8 Å². The summed E-state index contributed by atoms with van der Waals surface area (Å²) in [5, 5.41) is 0. The van der Waals surface area contributed by atoms with Crippen molar-refractivity contribution in [1.29, 1.82) is 0 Å². The van der Waals surface area contributed by atoms with Crippen molar-refractivity contribution >= 4 is 17.7 Å². The van der Waals surface area contributed by atoms with Crippen LogP contribution in [-0.2, 0) is 4.79 Å². The van der Waals surface area contributed by atoms with Crippen molar-refractivity contribution in [2.24, 2.45) is 0 Å². The maximum Gasteiger partial charge on any atom is 0.231 e. The van der Waals surface area contributed by atoms with Gasteiger partial charge >= 0.3 is 0 Å². The molecule has 1 atom stereocenters. The smallest absolute Gasteiger partial charge is 0.231 e. The monoisotopic (exact) mass is 318 g/mol. The number of rotatable bonds is 4. The van der Waals surface area contributed by atoms with Crippen LogP contribution in [-0.4, -0.2) is 53.7 Å². The first-order valence-corrected chi connectivity index (χ1v) is 9.47. The van der Waals surface area contributed by atoms with Gasteiger partial charge in [-0.1, -0.05) is 32.0 Å². The predicted octanol–water partition coefficient (Wildman–Crippen LogP) is 3.21. The van der Waals surface area contributed by atoms with Gasteiger partial charge in [0.15, 0.2) is 0 Å². The molecule has 0 saturated carbocycles. The highest BCUT2D eigenvalue weighted by molar-refractivity contribution is 7.99.